The van der Waals surface area contributed by atoms with E-state index in [9.17, 15) is 4.79 Å². The highest BCUT2D eigenvalue weighted by molar-refractivity contribution is 5.88. The van der Waals surface area contributed by atoms with Crippen molar-refractivity contribution in [3.63, 3.8) is 0 Å². The topological polar surface area (TPSA) is 69.3 Å². The zero-order chi connectivity index (χ0) is 24.9. The molecule has 0 aliphatic carbocycles. The van der Waals surface area contributed by atoms with Crippen LogP contribution in [-0.2, 0) is 19.2 Å². The number of hydrogen-bond acceptors (Lipinski definition) is 6. The molecule has 1 atom stereocenters. The molecule has 1 unspecified atom stereocenters. The summed E-state index contributed by atoms with van der Waals surface area (Å²) in [7, 11) is 1.70. The molecule has 0 radical (unpaired) electrons. The second-order valence-electron chi connectivity index (χ2n) is 9.16. The number of benzene rings is 2. The number of hydrogen-bond donors (Lipinski definition) is 1. The molecule has 1 N–H and O–H groups in total. The number of hydroxylamine groups is 3. The molecule has 7 heteroatoms. The lowest BCUT2D eigenvalue weighted by atomic mass is 10.1. The SMILES string of the molecule is CON(C/C(=C/CCCCC(=O)NOC1CCCCO1)COc1cccc2ccccc12)C(C)C. The first kappa shape index (κ1) is 27.1. The highest BCUT2D eigenvalue weighted by Crippen LogP contribution is 2.25. The van der Waals surface area contributed by atoms with Crippen LogP contribution in [0.2, 0.25) is 0 Å². The molecule has 0 bridgehead atoms. The molecule has 0 saturated carbocycles. The Labute approximate surface area is 209 Å². The fraction of sp³-hybridized carbons (Fsp3) is 0.536. The number of carbonyl (C=O) groups is 1. The Kier molecular flexibility index (Phi) is 11.5. The van der Waals surface area contributed by atoms with Crippen molar-refractivity contribution in [2.24, 2.45) is 0 Å². The van der Waals surface area contributed by atoms with Crippen LogP contribution in [0.15, 0.2) is 54.1 Å². The van der Waals surface area contributed by atoms with E-state index < -0.39 is 0 Å². The molecule has 1 amide bonds. The first-order valence-corrected chi connectivity index (χ1v) is 12.7. The molecule has 35 heavy (non-hydrogen) atoms. The van der Waals surface area contributed by atoms with Gasteiger partial charge in [-0.3, -0.25) is 4.79 Å². The van der Waals surface area contributed by atoms with Gasteiger partial charge in [0.25, 0.3) is 0 Å². The van der Waals surface area contributed by atoms with Crippen LogP contribution in [0.1, 0.15) is 58.8 Å². The van der Waals surface area contributed by atoms with E-state index in [1.165, 1.54) is 0 Å². The second-order valence-corrected chi connectivity index (χ2v) is 9.16. The van der Waals surface area contributed by atoms with E-state index in [0.717, 1.165) is 60.6 Å². The van der Waals surface area contributed by atoms with Crippen LogP contribution < -0.4 is 10.2 Å². The second kappa shape index (κ2) is 14.8. The monoisotopic (exact) mass is 484 g/mol. The minimum Gasteiger partial charge on any atom is -0.489 e. The van der Waals surface area contributed by atoms with Gasteiger partial charge in [0, 0.05) is 37.4 Å². The van der Waals surface area contributed by atoms with Crippen LogP contribution in [0.4, 0.5) is 0 Å². The van der Waals surface area contributed by atoms with Gasteiger partial charge >= 0.3 is 0 Å². The molecule has 2 aromatic rings. The number of nitrogens with one attached hydrogen (secondary N) is 1. The van der Waals surface area contributed by atoms with Crippen molar-refractivity contribution in [1.82, 2.24) is 10.5 Å². The van der Waals surface area contributed by atoms with Gasteiger partial charge in [-0.1, -0.05) is 42.5 Å². The van der Waals surface area contributed by atoms with E-state index in [1.807, 2.05) is 29.3 Å². The first-order chi connectivity index (χ1) is 17.1. The van der Waals surface area contributed by atoms with Gasteiger partial charge in [-0.05, 0) is 63.0 Å². The van der Waals surface area contributed by atoms with E-state index in [0.29, 0.717) is 26.2 Å². The van der Waals surface area contributed by atoms with Gasteiger partial charge in [-0.15, -0.1) is 0 Å². The van der Waals surface area contributed by atoms with Crippen molar-refractivity contribution in [2.75, 3.05) is 26.9 Å². The van der Waals surface area contributed by atoms with Crippen molar-refractivity contribution in [3.8, 4) is 5.75 Å². The first-order valence-electron chi connectivity index (χ1n) is 12.7. The van der Waals surface area contributed by atoms with Gasteiger partial charge in [0.1, 0.15) is 12.4 Å². The molecule has 1 fully saturated rings. The van der Waals surface area contributed by atoms with E-state index in [4.69, 9.17) is 19.1 Å². The molecule has 1 aliphatic rings. The normalized spacial score (nSPS) is 16.7. The number of allylic oxidation sites excluding steroid dienone is 1. The van der Waals surface area contributed by atoms with Gasteiger partial charge in [0.2, 0.25) is 5.91 Å². The van der Waals surface area contributed by atoms with E-state index >= 15 is 0 Å². The maximum absolute atomic E-state index is 12.1. The summed E-state index contributed by atoms with van der Waals surface area (Å²) >= 11 is 0. The van der Waals surface area contributed by atoms with E-state index in [1.54, 1.807) is 7.11 Å². The number of fused-ring (bicyclic) bond motifs is 1. The molecule has 0 aromatic heterocycles. The lowest BCUT2D eigenvalue weighted by Crippen LogP contribution is -2.33. The van der Waals surface area contributed by atoms with Gasteiger partial charge in [-0.2, -0.15) is 5.06 Å². The predicted octanol–water partition coefficient (Wildman–Crippen LogP) is 5.55. The third-order valence-electron chi connectivity index (χ3n) is 6.07. The fourth-order valence-corrected chi connectivity index (χ4v) is 4.04. The Morgan fingerprint density at radius 2 is 2.00 bits per heavy atom. The Hall–Kier alpha value is -2.45. The van der Waals surface area contributed by atoms with Crippen LogP contribution in [-0.4, -0.2) is 50.2 Å². The highest BCUT2D eigenvalue weighted by Gasteiger charge is 2.16. The number of amides is 1. The maximum atomic E-state index is 12.1. The molecule has 1 heterocycles. The lowest BCUT2D eigenvalue weighted by Gasteiger charge is -2.25. The largest absolute Gasteiger partial charge is 0.489 e. The fourth-order valence-electron chi connectivity index (χ4n) is 4.04. The number of ether oxygens (including phenoxy) is 2. The zero-order valence-corrected chi connectivity index (χ0v) is 21.3. The Morgan fingerprint density at radius 1 is 1.17 bits per heavy atom. The van der Waals surface area contributed by atoms with Crippen LogP contribution in [0.5, 0.6) is 5.75 Å². The van der Waals surface area contributed by atoms with Crippen LogP contribution >= 0.6 is 0 Å². The van der Waals surface area contributed by atoms with Crippen LogP contribution in [0.3, 0.4) is 0 Å². The minimum atomic E-state index is -0.315. The standard InChI is InChI=1S/C28H40N2O5/c1-22(2)30(32-3)20-23(21-34-26-16-11-14-24-13-7-8-15-25(24)26)12-5-4-6-17-27(31)29-35-28-18-9-10-19-33-28/h7-8,11-16,22,28H,4-6,9-10,17-21H2,1-3H3,(H,29,31)/b23-12-. The summed E-state index contributed by atoms with van der Waals surface area (Å²) < 4.78 is 11.7. The molecule has 0 spiro atoms. The molecular weight excluding hydrogens is 444 g/mol. The number of unbranched alkanes of at least 4 members (excludes halogenated alkanes) is 2. The third kappa shape index (κ3) is 9.26. The number of nitrogens with zero attached hydrogens (tertiary/aromatic N) is 1. The van der Waals surface area contributed by atoms with Gasteiger partial charge in [-0.25, -0.2) is 10.3 Å². The number of rotatable bonds is 14. The summed E-state index contributed by atoms with van der Waals surface area (Å²) in [5.74, 6) is 0.772. The summed E-state index contributed by atoms with van der Waals surface area (Å²) in [6.45, 7) is 6.04. The summed E-state index contributed by atoms with van der Waals surface area (Å²) in [5.41, 5.74) is 3.68. The average Bonchev–Trinajstić information content (AvgIpc) is 2.88. The Morgan fingerprint density at radius 3 is 2.77 bits per heavy atom. The quantitative estimate of drug-likeness (QED) is 0.215. The van der Waals surface area contributed by atoms with Crippen molar-refractivity contribution in [1.29, 1.82) is 0 Å². The molecule has 2 aromatic carbocycles. The molecule has 3 rings (SSSR count). The summed E-state index contributed by atoms with van der Waals surface area (Å²) in [6.07, 6.45) is 7.82. The van der Waals surface area contributed by atoms with Crippen molar-refractivity contribution < 1.29 is 23.9 Å². The van der Waals surface area contributed by atoms with Crippen LogP contribution in [0, 0.1) is 0 Å². The highest BCUT2D eigenvalue weighted by atomic mass is 16.8. The van der Waals surface area contributed by atoms with Crippen molar-refractivity contribution in [3.05, 3.63) is 54.1 Å². The van der Waals surface area contributed by atoms with E-state index in [2.05, 4.69) is 43.6 Å². The van der Waals surface area contributed by atoms with Crippen molar-refractivity contribution >= 4 is 16.7 Å². The molecule has 1 aliphatic heterocycles. The van der Waals surface area contributed by atoms with Crippen LogP contribution in [0.25, 0.3) is 10.8 Å². The molecule has 1 saturated heterocycles. The zero-order valence-electron chi connectivity index (χ0n) is 21.3. The summed E-state index contributed by atoms with van der Waals surface area (Å²) in [4.78, 5) is 23.0. The van der Waals surface area contributed by atoms with Gasteiger partial charge < -0.3 is 14.3 Å². The maximum Gasteiger partial charge on any atom is 0.243 e. The third-order valence-corrected chi connectivity index (χ3v) is 6.07. The molecular formula is C28H40N2O5. The minimum absolute atomic E-state index is 0.104. The average molecular weight is 485 g/mol. The Balaban J connectivity index is 1.49. The van der Waals surface area contributed by atoms with Gasteiger partial charge in [0.05, 0.1) is 7.11 Å². The molecule has 7 nitrogen and oxygen atoms in total. The van der Waals surface area contributed by atoms with Gasteiger partial charge in [0.15, 0.2) is 6.29 Å². The smallest absolute Gasteiger partial charge is 0.243 e. The van der Waals surface area contributed by atoms with E-state index in [-0.39, 0.29) is 18.2 Å². The molecule has 192 valence electrons. The summed E-state index contributed by atoms with van der Waals surface area (Å²) in [6, 6.07) is 14.6. The lowest BCUT2D eigenvalue weighted by molar-refractivity contribution is -0.200. The summed E-state index contributed by atoms with van der Waals surface area (Å²) in [5, 5.41) is 4.21. The van der Waals surface area contributed by atoms with Crippen molar-refractivity contribution in [2.45, 2.75) is 71.1 Å². The Bertz CT molecular complexity index is 935. The predicted molar refractivity (Wildman–Crippen MR) is 138 cm³/mol. The number of carbonyl (C=O) groups excluding carboxylic acids is 1.